The summed E-state index contributed by atoms with van der Waals surface area (Å²) in [5.74, 6) is 2.02. The molecule has 1 fully saturated rings. The van der Waals surface area contributed by atoms with Gasteiger partial charge in [-0.05, 0) is 26.9 Å². The van der Waals surface area contributed by atoms with Crippen LogP contribution in [0.2, 0.25) is 0 Å². The molecule has 2 heterocycles. The summed E-state index contributed by atoms with van der Waals surface area (Å²) in [5.41, 5.74) is 0. The molecule has 1 aliphatic heterocycles. The van der Waals surface area contributed by atoms with E-state index in [0.717, 1.165) is 31.3 Å². The van der Waals surface area contributed by atoms with E-state index >= 15 is 0 Å². The Hall–Kier alpha value is -0.940. The van der Waals surface area contributed by atoms with Crippen molar-refractivity contribution < 1.29 is 0 Å². The predicted molar refractivity (Wildman–Crippen MR) is 58.5 cm³/mol. The molecule has 0 aromatic carbocycles. The molecule has 15 heavy (non-hydrogen) atoms. The Labute approximate surface area is 90.5 Å². The Morgan fingerprint density at radius 2 is 2.33 bits per heavy atom. The number of nitrogens with zero attached hydrogens (tertiary/aromatic N) is 4. The van der Waals surface area contributed by atoms with Gasteiger partial charge in [-0.15, -0.1) is 10.2 Å². The Morgan fingerprint density at radius 3 is 2.87 bits per heavy atom. The molecule has 5 nitrogen and oxygen atoms in total. The van der Waals surface area contributed by atoms with Gasteiger partial charge in [0.1, 0.15) is 11.6 Å². The number of hydrogen-bond donors (Lipinski definition) is 1. The lowest BCUT2D eigenvalue weighted by atomic mass is 10.2. The fourth-order valence-electron chi connectivity index (χ4n) is 1.96. The number of nitrogens with one attached hydrogen (secondary N) is 1. The molecule has 0 bridgehead atoms. The van der Waals surface area contributed by atoms with Gasteiger partial charge < -0.3 is 9.88 Å². The van der Waals surface area contributed by atoms with Gasteiger partial charge in [-0.25, -0.2) is 0 Å². The van der Waals surface area contributed by atoms with Crippen LogP contribution in [0.5, 0.6) is 0 Å². The molecule has 0 amide bonds. The van der Waals surface area contributed by atoms with E-state index in [9.17, 15) is 0 Å². The first-order valence-corrected chi connectivity index (χ1v) is 5.44. The van der Waals surface area contributed by atoms with Crippen molar-refractivity contribution in [2.24, 2.45) is 7.05 Å². The van der Waals surface area contributed by atoms with Crippen molar-refractivity contribution >= 4 is 0 Å². The van der Waals surface area contributed by atoms with E-state index in [1.807, 2.05) is 14.0 Å². The van der Waals surface area contributed by atoms with Crippen LogP contribution < -0.4 is 5.32 Å². The third-order valence-corrected chi connectivity index (χ3v) is 3.23. The van der Waals surface area contributed by atoms with Gasteiger partial charge in [0, 0.05) is 19.6 Å². The van der Waals surface area contributed by atoms with Crippen molar-refractivity contribution in [2.45, 2.75) is 25.9 Å². The second-order valence-electron chi connectivity index (χ2n) is 4.28. The molecule has 0 aliphatic carbocycles. The van der Waals surface area contributed by atoms with Crippen LogP contribution in [-0.2, 0) is 13.6 Å². The van der Waals surface area contributed by atoms with Crippen molar-refractivity contribution in [3.63, 3.8) is 0 Å². The molecule has 0 spiro atoms. The topological polar surface area (TPSA) is 46.0 Å². The van der Waals surface area contributed by atoms with Crippen LogP contribution >= 0.6 is 0 Å². The SMILES string of the molecule is Cc1nnc(CN(C)[C@H]2CCNC2)n1C. The highest BCUT2D eigenvalue weighted by Gasteiger charge is 2.20. The molecule has 2 rings (SSSR count). The molecule has 1 aromatic rings. The highest BCUT2D eigenvalue weighted by molar-refractivity contribution is 4.93. The molecule has 0 unspecified atom stereocenters. The normalized spacial score (nSPS) is 21.5. The summed E-state index contributed by atoms with van der Waals surface area (Å²) in [6.45, 7) is 5.08. The highest BCUT2D eigenvalue weighted by Crippen LogP contribution is 2.09. The second kappa shape index (κ2) is 4.28. The molecule has 1 aliphatic rings. The van der Waals surface area contributed by atoms with Gasteiger partial charge in [-0.3, -0.25) is 4.90 Å². The Morgan fingerprint density at radius 1 is 1.53 bits per heavy atom. The van der Waals surface area contributed by atoms with E-state index in [1.54, 1.807) is 0 Å². The molecule has 1 aromatic heterocycles. The second-order valence-corrected chi connectivity index (χ2v) is 4.28. The van der Waals surface area contributed by atoms with Crippen LogP contribution in [0.15, 0.2) is 0 Å². The lowest BCUT2D eigenvalue weighted by Crippen LogP contribution is -2.33. The van der Waals surface area contributed by atoms with Gasteiger partial charge in [-0.1, -0.05) is 0 Å². The highest BCUT2D eigenvalue weighted by atomic mass is 15.3. The molecule has 1 N–H and O–H groups in total. The minimum atomic E-state index is 0.641. The number of rotatable bonds is 3. The first kappa shape index (κ1) is 10.6. The summed E-state index contributed by atoms with van der Waals surface area (Å²) in [6.07, 6.45) is 1.23. The van der Waals surface area contributed by atoms with Crippen LogP contribution in [0.25, 0.3) is 0 Å². The van der Waals surface area contributed by atoms with Gasteiger partial charge in [0.05, 0.1) is 6.54 Å². The standard InChI is InChI=1S/C10H19N5/c1-8-12-13-10(15(8)3)7-14(2)9-4-5-11-6-9/h9,11H,4-7H2,1-3H3/t9-/m0/s1. The van der Waals surface area contributed by atoms with E-state index < -0.39 is 0 Å². The van der Waals surface area contributed by atoms with Gasteiger partial charge >= 0.3 is 0 Å². The maximum Gasteiger partial charge on any atom is 0.146 e. The molecule has 5 heteroatoms. The first-order valence-electron chi connectivity index (χ1n) is 5.44. The Kier molecular flexibility index (Phi) is 3.02. The molecule has 0 saturated carbocycles. The fourth-order valence-corrected chi connectivity index (χ4v) is 1.96. The number of aryl methyl sites for hydroxylation is 1. The van der Waals surface area contributed by atoms with Crippen LogP contribution in [0, 0.1) is 6.92 Å². The zero-order valence-electron chi connectivity index (χ0n) is 9.69. The monoisotopic (exact) mass is 209 g/mol. The summed E-state index contributed by atoms with van der Waals surface area (Å²) >= 11 is 0. The van der Waals surface area contributed by atoms with E-state index in [1.165, 1.54) is 6.42 Å². The third kappa shape index (κ3) is 2.18. The van der Waals surface area contributed by atoms with E-state index in [2.05, 4.69) is 32.0 Å². The number of hydrogen-bond acceptors (Lipinski definition) is 4. The van der Waals surface area contributed by atoms with Crippen molar-refractivity contribution in [1.82, 2.24) is 25.0 Å². The molecule has 84 valence electrons. The van der Waals surface area contributed by atoms with Gasteiger partial charge in [-0.2, -0.15) is 0 Å². The first-order chi connectivity index (χ1) is 7.18. The van der Waals surface area contributed by atoms with Crippen molar-refractivity contribution in [1.29, 1.82) is 0 Å². The van der Waals surface area contributed by atoms with E-state index in [-0.39, 0.29) is 0 Å². The fraction of sp³-hybridized carbons (Fsp3) is 0.800. The van der Waals surface area contributed by atoms with Crippen molar-refractivity contribution in [2.75, 3.05) is 20.1 Å². The van der Waals surface area contributed by atoms with Gasteiger partial charge in [0.25, 0.3) is 0 Å². The smallest absolute Gasteiger partial charge is 0.146 e. The summed E-state index contributed by atoms with van der Waals surface area (Å²) in [4.78, 5) is 2.35. The number of aromatic nitrogens is 3. The molecule has 1 saturated heterocycles. The lowest BCUT2D eigenvalue weighted by Gasteiger charge is -2.22. The van der Waals surface area contributed by atoms with Gasteiger partial charge in [0.15, 0.2) is 0 Å². The van der Waals surface area contributed by atoms with Crippen molar-refractivity contribution in [3.05, 3.63) is 11.6 Å². The maximum absolute atomic E-state index is 4.18. The summed E-state index contributed by atoms with van der Waals surface area (Å²) in [7, 11) is 4.17. The van der Waals surface area contributed by atoms with E-state index in [4.69, 9.17) is 0 Å². The molecule has 0 radical (unpaired) electrons. The number of likely N-dealkylation sites (N-methyl/N-ethyl adjacent to an activating group) is 1. The van der Waals surface area contributed by atoms with Crippen LogP contribution in [0.1, 0.15) is 18.1 Å². The van der Waals surface area contributed by atoms with Crippen LogP contribution in [0.3, 0.4) is 0 Å². The van der Waals surface area contributed by atoms with Crippen molar-refractivity contribution in [3.8, 4) is 0 Å². The average Bonchev–Trinajstić information content (AvgIpc) is 2.83. The lowest BCUT2D eigenvalue weighted by molar-refractivity contribution is 0.240. The summed E-state index contributed by atoms with van der Waals surface area (Å²) in [6, 6.07) is 0.641. The Balaban J connectivity index is 1.98. The molecular formula is C10H19N5. The average molecular weight is 209 g/mol. The van der Waals surface area contributed by atoms with E-state index in [0.29, 0.717) is 6.04 Å². The zero-order chi connectivity index (χ0) is 10.8. The molecule has 1 atom stereocenters. The summed E-state index contributed by atoms with van der Waals surface area (Å²) in [5, 5.41) is 11.6. The maximum atomic E-state index is 4.18. The predicted octanol–water partition coefficient (Wildman–Crippen LogP) is -0.0828. The Bertz CT molecular complexity index is 327. The molecular weight excluding hydrogens is 190 g/mol. The minimum Gasteiger partial charge on any atom is -0.317 e. The zero-order valence-corrected chi connectivity index (χ0v) is 9.69. The van der Waals surface area contributed by atoms with Gasteiger partial charge in [0.2, 0.25) is 0 Å². The van der Waals surface area contributed by atoms with Crippen LogP contribution in [-0.4, -0.2) is 45.8 Å². The largest absolute Gasteiger partial charge is 0.317 e. The quantitative estimate of drug-likeness (QED) is 0.756. The minimum absolute atomic E-state index is 0.641. The van der Waals surface area contributed by atoms with Crippen LogP contribution in [0.4, 0.5) is 0 Å². The summed E-state index contributed by atoms with van der Waals surface area (Å²) < 4.78 is 2.05. The third-order valence-electron chi connectivity index (χ3n) is 3.23.